The van der Waals surface area contributed by atoms with E-state index in [1.165, 1.54) is 24.3 Å². The van der Waals surface area contributed by atoms with Crippen LogP contribution in [-0.2, 0) is 19.6 Å². The zero-order chi connectivity index (χ0) is 21.6. The van der Waals surface area contributed by atoms with Crippen molar-refractivity contribution in [2.24, 2.45) is 0 Å². The summed E-state index contributed by atoms with van der Waals surface area (Å²) in [6, 6.07) is 12.5. The Labute approximate surface area is 176 Å². The molecule has 0 aliphatic carbocycles. The lowest BCUT2D eigenvalue weighted by atomic mass is 10.1. The summed E-state index contributed by atoms with van der Waals surface area (Å²) in [6.07, 6.45) is 2.04. The summed E-state index contributed by atoms with van der Waals surface area (Å²) in [5, 5.41) is 5.43. The number of rotatable bonds is 8. The highest BCUT2D eigenvalue weighted by Gasteiger charge is 2.20. The fraction of sp³-hybridized carbons (Fsp3) is 0.333. The fourth-order valence-electron chi connectivity index (χ4n) is 3.00. The molecule has 0 saturated carbocycles. The van der Waals surface area contributed by atoms with E-state index in [2.05, 4.69) is 15.4 Å². The van der Waals surface area contributed by atoms with Crippen LogP contribution in [0, 0.1) is 0 Å². The first-order chi connectivity index (χ1) is 14.4. The molecule has 1 fully saturated rings. The lowest BCUT2D eigenvalue weighted by Gasteiger charge is -2.12. The number of anilines is 2. The third kappa shape index (κ3) is 5.88. The Morgan fingerprint density at radius 1 is 1.07 bits per heavy atom. The molecule has 2 aromatic rings. The van der Waals surface area contributed by atoms with E-state index in [1.807, 2.05) is 0 Å². The van der Waals surface area contributed by atoms with Crippen LogP contribution in [0.25, 0.3) is 0 Å². The number of hydrogen-bond acceptors (Lipinski definition) is 5. The van der Waals surface area contributed by atoms with Crippen LogP contribution >= 0.6 is 0 Å². The van der Waals surface area contributed by atoms with E-state index in [-0.39, 0.29) is 29.4 Å². The topological polar surface area (TPSA) is 114 Å². The summed E-state index contributed by atoms with van der Waals surface area (Å²) in [7, 11) is -3.65. The van der Waals surface area contributed by atoms with Gasteiger partial charge >= 0.3 is 0 Å². The molecule has 0 radical (unpaired) electrons. The van der Waals surface area contributed by atoms with E-state index in [9.17, 15) is 18.0 Å². The molecule has 1 saturated heterocycles. The predicted molar refractivity (Wildman–Crippen MR) is 114 cm³/mol. The van der Waals surface area contributed by atoms with Gasteiger partial charge < -0.3 is 15.4 Å². The number of carbonyl (C=O) groups is 2. The van der Waals surface area contributed by atoms with Crippen LogP contribution in [-0.4, -0.2) is 39.5 Å². The molecule has 9 heteroatoms. The SMILES string of the molecule is CCC(=O)Nc1cccc(C(=O)Nc2ccc(S(=O)(=O)NCC3CCCO3)cc2)c1. The number of sulfonamides is 1. The van der Waals surface area contributed by atoms with Gasteiger partial charge in [0.2, 0.25) is 15.9 Å². The summed E-state index contributed by atoms with van der Waals surface area (Å²) >= 11 is 0. The number of hydrogen-bond donors (Lipinski definition) is 3. The van der Waals surface area contributed by atoms with E-state index in [0.29, 0.717) is 30.0 Å². The molecule has 0 spiro atoms. The van der Waals surface area contributed by atoms with Gasteiger partial charge in [-0.3, -0.25) is 9.59 Å². The van der Waals surface area contributed by atoms with Gasteiger partial charge in [0.05, 0.1) is 11.0 Å². The van der Waals surface area contributed by atoms with Crippen LogP contribution in [0.2, 0.25) is 0 Å². The molecule has 3 N–H and O–H groups in total. The number of benzene rings is 2. The van der Waals surface area contributed by atoms with E-state index in [4.69, 9.17) is 4.74 Å². The first kappa shape index (κ1) is 21.9. The van der Waals surface area contributed by atoms with Crippen molar-refractivity contribution in [3.05, 3.63) is 54.1 Å². The van der Waals surface area contributed by atoms with Gasteiger partial charge in [-0.1, -0.05) is 13.0 Å². The maximum Gasteiger partial charge on any atom is 0.255 e. The van der Waals surface area contributed by atoms with Gasteiger partial charge in [-0.05, 0) is 55.3 Å². The minimum absolute atomic E-state index is 0.0868. The minimum Gasteiger partial charge on any atom is -0.377 e. The summed E-state index contributed by atoms with van der Waals surface area (Å²) in [5.74, 6) is -0.507. The zero-order valence-corrected chi connectivity index (χ0v) is 17.5. The molecule has 1 atom stereocenters. The molecule has 8 nitrogen and oxygen atoms in total. The first-order valence-electron chi connectivity index (χ1n) is 9.80. The molecule has 0 aromatic heterocycles. The summed E-state index contributed by atoms with van der Waals surface area (Å²) in [5.41, 5.74) is 1.37. The second kappa shape index (κ2) is 9.84. The monoisotopic (exact) mass is 431 g/mol. The van der Waals surface area contributed by atoms with Crippen LogP contribution in [0.4, 0.5) is 11.4 Å². The van der Waals surface area contributed by atoms with Crippen LogP contribution < -0.4 is 15.4 Å². The molecule has 1 aliphatic heterocycles. The highest BCUT2D eigenvalue weighted by atomic mass is 32.2. The largest absolute Gasteiger partial charge is 0.377 e. The Kier molecular flexibility index (Phi) is 7.20. The quantitative estimate of drug-likeness (QED) is 0.595. The normalized spacial score (nSPS) is 16.2. The molecule has 3 rings (SSSR count). The van der Waals surface area contributed by atoms with Crippen molar-refractivity contribution in [2.45, 2.75) is 37.2 Å². The van der Waals surface area contributed by atoms with Gasteiger partial charge in [-0.25, -0.2) is 13.1 Å². The van der Waals surface area contributed by atoms with Crippen molar-refractivity contribution in [1.82, 2.24) is 4.72 Å². The van der Waals surface area contributed by atoms with Gasteiger partial charge in [0.1, 0.15) is 0 Å². The number of nitrogens with one attached hydrogen (secondary N) is 3. The Morgan fingerprint density at radius 3 is 2.50 bits per heavy atom. The standard InChI is InChI=1S/C21H25N3O5S/c1-2-20(25)23-17-6-3-5-15(13-17)21(26)24-16-8-10-19(11-9-16)30(27,28)22-14-18-7-4-12-29-18/h3,5-6,8-11,13,18,22H,2,4,7,12,14H2,1H3,(H,23,25)(H,24,26). The van der Waals surface area contributed by atoms with Crippen molar-refractivity contribution in [3.8, 4) is 0 Å². The highest BCUT2D eigenvalue weighted by Crippen LogP contribution is 2.17. The predicted octanol–water partition coefficient (Wildman–Crippen LogP) is 2.74. The Bertz CT molecular complexity index is 1000. The van der Waals surface area contributed by atoms with E-state index < -0.39 is 10.0 Å². The number of carbonyl (C=O) groups excluding carboxylic acids is 2. The lowest BCUT2D eigenvalue weighted by Crippen LogP contribution is -2.31. The second-order valence-electron chi connectivity index (χ2n) is 6.95. The van der Waals surface area contributed by atoms with Crippen molar-refractivity contribution >= 4 is 33.2 Å². The molecule has 2 aromatic carbocycles. The van der Waals surface area contributed by atoms with Gasteiger partial charge in [-0.2, -0.15) is 0 Å². The number of amides is 2. The number of ether oxygens (including phenoxy) is 1. The molecule has 2 amide bonds. The molecular formula is C21H25N3O5S. The summed E-state index contributed by atoms with van der Waals surface area (Å²) in [6.45, 7) is 2.65. The maximum atomic E-state index is 12.5. The molecule has 1 aliphatic rings. The Morgan fingerprint density at radius 2 is 1.83 bits per heavy atom. The third-order valence-corrected chi connectivity index (χ3v) is 6.12. The maximum absolute atomic E-state index is 12.5. The average Bonchev–Trinajstić information content (AvgIpc) is 3.26. The van der Waals surface area contributed by atoms with Gasteiger partial charge in [-0.15, -0.1) is 0 Å². The van der Waals surface area contributed by atoms with Crippen molar-refractivity contribution < 1.29 is 22.7 Å². The fourth-order valence-corrected chi connectivity index (χ4v) is 4.07. The highest BCUT2D eigenvalue weighted by molar-refractivity contribution is 7.89. The molecule has 30 heavy (non-hydrogen) atoms. The van der Waals surface area contributed by atoms with E-state index >= 15 is 0 Å². The van der Waals surface area contributed by atoms with Gasteiger partial charge in [0, 0.05) is 36.5 Å². The summed E-state index contributed by atoms with van der Waals surface area (Å²) in [4.78, 5) is 24.1. The molecule has 1 heterocycles. The smallest absolute Gasteiger partial charge is 0.255 e. The lowest BCUT2D eigenvalue weighted by molar-refractivity contribution is -0.115. The van der Waals surface area contributed by atoms with Crippen molar-refractivity contribution in [1.29, 1.82) is 0 Å². The minimum atomic E-state index is -3.65. The summed E-state index contributed by atoms with van der Waals surface area (Å²) < 4.78 is 32.8. The van der Waals surface area contributed by atoms with Crippen LogP contribution in [0.5, 0.6) is 0 Å². The van der Waals surface area contributed by atoms with Crippen LogP contribution in [0.3, 0.4) is 0 Å². The Balaban J connectivity index is 1.61. The van der Waals surface area contributed by atoms with E-state index in [0.717, 1.165) is 12.8 Å². The van der Waals surface area contributed by atoms with Crippen molar-refractivity contribution in [3.63, 3.8) is 0 Å². The molecule has 0 bridgehead atoms. The van der Waals surface area contributed by atoms with Crippen LogP contribution in [0.1, 0.15) is 36.5 Å². The van der Waals surface area contributed by atoms with Crippen LogP contribution in [0.15, 0.2) is 53.4 Å². The van der Waals surface area contributed by atoms with E-state index in [1.54, 1.807) is 31.2 Å². The average molecular weight is 432 g/mol. The first-order valence-corrected chi connectivity index (χ1v) is 11.3. The van der Waals surface area contributed by atoms with Crippen molar-refractivity contribution in [2.75, 3.05) is 23.8 Å². The van der Waals surface area contributed by atoms with Gasteiger partial charge in [0.15, 0.2) is 0 Å². The Hall–Kier alpha value is -2.75. The molecular weight excluding hydrogens is 406 g/mol. The second-order valence-corrected chi connectivity index (χ2v) is 8.71. The molecule has 1 unspecified atom stereocenters. The van der Waals surface area contributed by atoms with Gasteiger partial charge in [0.25, 0.3) is 5.91 Å². The zero-order valence-electron chi connectivity index (χ0n) is 16.7. The third-order valence-electron chi connectivity index (χ3n) is 4.68. The molecule has 160 valence electrons.